The highest BCUT2D eigenvalue weighted by atomic mass is 35.5. The van der Waals surface area contributed by atoms with Crippen molar-refractivity contribution in [1.82, 2.24) is 25.1 Å². The van der Waals surface area contributed by atoms with Crippen molar-refractivity contribution in [3.8, 4) is 5.75 Å². The zero-order valence-corrected chi connectivity index (χ0v) is 35.5. The number of hydrogen-bond acceptors (Lipinski definition) is 13. The fourth-order valence-electron chi connectivity index (χ4n) is 8.67. The van der Waals surface area contributed by atoms with E-state index in [1.165, 1.54) is 6.20 Å². The number of para-hydroxylation sites is 1. The number of carbonyl (C=O) groups is 4. The molecule has 4 aliphatic rings. The van der Waals surface area contributed by atoms with Crippen LogP contribution in [0.2, 0.25) is 5.02 Å². The minimum atomic E-state index is -2.56. The Balaban J connectivity index is 0.841. The van der Waals surface area contributed by atoms with Gasteiger partial charge in [-0.15, -0.1) is 0 Å². The number of nitrogens with one attached hydrogen (secondary N) is 4. The fraction of sp³-hybridized carbons (Fsp3) is 0.395. The van der Waals surface area contributed by atoms with E-state index in [-0.39, 0.29) is 30.0 Å². The number of fused-ring (bicyclic) bond motifs is 1. The number of benzene rings is 3. The Hall–Kier alpha value is -5.50. The van der Waals surface area contributed by atoms with Gasteiger partial charge in [-0.05, 0) is 100 Å². The molecular formula is C43H49ClN9O6P. The molecule has 1 aromatic heterocycles. The van der Waals surface area contributed by atoms with Crippen LogP contribution in [-0.4, -0.2) is 109 Å². The van der Waals surface area contributed by atoms with E-state index < -0.39 is 36.8 Å². The zero-order valence-electron chi connectivity index (χ0n) is 33.9. The van der Waals surface area contributed by atoms with Gasteiger partial charge in [0.2, 0.25) is 17.8 Å². The summed E-state index contributed by atoms with van der Waals surface area (Å²) in [5.74, 6) is -0.0821. The topological polar surface area (TPSA) is 178 Å². The van der Waals surface area contributed by atoms with Crippen molar-refractivity contribution in [3.63, 3.8) is 0 Å². The lowest BCUT2D eigenvalue weighted by Crippen LogP contribution is -2.54. The van der Waals surface area contributed by atoms with Gasteiger partial charge in [-0.2, -0.15) is 4.98 Å². The summed E-state index contributed by atoms with van der Waals surface area (Å²) >= 11 is 6.48. The normalized spacial score (nSPS) is 20.2. The minimum absolute atomic E-state index is 0.0849. The van der Waals surface area contributed by atoms with E-state index >= 15 is 0 Å². The maximum absolute atomic E-state index is 13.4. The molecule has 4 amide bonds. The third kappa shape index (κ3) is 8.84. The first-order valence-corrected chi connectivity index (χ1v) is 23.3. The average Bonchev–Trinajstić information content (AvgIpc) is 3.47. The lowest BCUT2D eigenvalue weighted by molar-refractivity contribution is -0.136. The van der Waals surface area contributed by atoms with Gasteiger partial charge in [0.05, 0.1) is 35.8 Å². The van der Waals surface area contributed by atoms with Gasteiger partial charge in [0.25, 0.3) is 11.8 Å². The number of nitrogens with zero attached hydrogens (tertiary/aromatic N) is 5. The molecule has 3 aromatic carbocycles. The second kappa shape index (κ2) is 17.2. The number of methoxy groups -OCH3 is 1. The van der Waals surface area contributed by atoms with Gasteiger partial charge < -0.3 is 35.1 Å². The molecule has 2 atom stereocenters. The van der Waals surface area contributed by atoms with Crippen molar-refractivity contribution in [2.24, 2.45) is 5.92 Å². The van der Waals surface area contributed by atoms with E-state index in [0.717, 1.165) is 74.7 Å². The van der Waals surface area contributed by atoms with E-state index in [9.17, 15) is 23.7 Å². The SMILES string of the molecule is COc1cc(N2CCC(CN3CCC[C@@H](Nc4ccc5c(c4)C(=O)N(C4CCC(=O)NC4=O)C5=O)C3)CC2)ccc1Nc1ncc(Cl)c(Nc2ccccc2P(C)(C)=O)n1. The van der Waals surface area contributed by atoms with Crippen LogP contribution in [-0.2, 0) is 14.2 Å². The summed E-state index contributed by atoms with van der Waals surface area (Å²) in [6.07, 6.45) is 5.90. The van der Waals surface area contributed by atoms with Crippen LogP contribution in [0.5, 0.6) is 5.75 Å². The molecule has 4 aliphatic heterocycles. The third-order valence-corrected chi connectivity index (χ3v) is 13.6. The van der Waals surface area contributed by atoms with Gasteiger partial charge in [0, 0.05) is 61.4 Å². The number of halogens is 1. The largest absolute Gasteiger partial charge is 0.494 e. The number of likely N-dealkylation sites (tertiary alicyclic amines) is 1. The molecule has 3 fully saturated rings. The molecule has 5 heterocycles. The lowest BCUT2D eigenvalue weighted by Gasteiger charge is -2.39. The molecule has 4 aromatic rings. The van der Waals surface area contributed by atoms with E-state index in [1.54, 1.807) is 32.6 Å². The van der Waals surface area contributed by atoms with Crippen molar-refractivity contribution < 1.29 is 28.5 Å². The molecule has 15 nitrogen and oxygen atoms in total. The standard InChI is InChI=1S/C43H49ClN9O6P/c1-59-36-22-29(11-13-33(36)48-43-45-23-32(44)39(50-43)47-34-8-4-5-9-37(34)60(2,3)58)52-19-16-26(17-20-52)24-51-18-6-7-28(25-51)46-27-10-12-30-31(21-27)42(57)53(41(30)56)35-14-15-38(54)49-40(35)55/h4-5,8-13,21-23,26,28,35,46H,6-7,14-20,24-25H2,1-3H3,(H,49,54,55)(H2,45,47,48,50)/t28-,35?/m1/s1. The maximum atomic E-state index is 13.4. The summed E-state index contributed by atoms with van der Waals surface area (Å²) in [5.41, 5.74) is 3.78. The van der Waals surface area contributed by atoms with Crippen LogP contribution < -0.4 is 36.2 Å². The molecular weight excluding hydrogens is 805 g/mol. The molecule has 8 rings (SSSR count). The summed E-state index contributed by atoms with van der Waals surface area (Å²) in [5, 5.41) is 13.4. The first-order valence-electron chi connectivity index (χ1n) is 20.3. The molecule has 4 N–H and O–H groups in total. The molecule has 0 bridgehead atoms. The highest BCUT2D eigenvalue weighted by Crippen LogP contribution is 2.39. The van der Waals surface area contributed by atoms with Crippen molar-refractivity contribution >= 4 is 82.2 Å². The number of carbonyl (C=O) groups excluding carboxylic acids is 4. The molecule has 60 heavy (non-hydrogen) atoms. The monoisotopic (exact) mass is 853 g/mol. The first kappa shape index (κ1) is 41.2. The fourth-order valence-corrected chi connectivity index (χ4v) is 9.96. The molecule has 0 radical (unpaired) electrons. The lowest BCUT2D eigenvalue weighted by atomic mass is 9.94. The van der Waals surface area contributed by atoms with Gasteiger partial charge in [0.15, 0.2) is 5.82 Å². The molecule has 0 aliphatic carbocycles. The second-order valence-electron chi connectivity index (χ2n) is 16.3. The van der Waals surface area contributed by atoms with Crippen LogP contribution in [0.15, 0.2) is 66.9 Å². The third-order valence-electron chi connectivity index (χ3n) is 11.7. The van der Waals surface area contributed by atoms with E-state index in [0.29, 0.717) is 45.1 Å². The van der Waals surface area contributed by atoms with Gasteiger partial charge in [-0.25, -0.2) is 4.98 Å². The number of piperidine rings is 3. The summed E-state index contributed by atoms with van der Waals surface area (Å²) in [6.45, 7) is 8.22. The van der Waals surface area contributed by atoms with E-state index in [4.69, 9.17) is 16.3 Å². The summed E-state index contributed by atoms with van der Waals surface area (Å²) < 4.78 is 18.7. The predicted octanol–water partition coefficient (Wildman–Crippen LogP) is 6.07. The second-order valence-corrected chi connectivity index (χ2v) is 19.9. The Morgan fingerprint density at radius 1 is 0.900 bits per heavy atom. The highest BCUT2D eigenvalue weighted by Gasteiger charge is 2.44. The minimum Gasteiger partial charge on any atom is -0.494 e. The van der Waals surface area contributed by atoms with Crippen LogP contribution >= 0.6 is 18.7 Å². The molecule has 1 unspecified atom stereocenters. The number of imide groups is 2. The molecule has 314 valence electrons. The van der Waals surface area contributed by atoms with Crippen LogP contribution in [0.4, 0.5) is 34.5 Å². The van der Waals surface area contributed by atoms with Crippen LogP contribution in [0.1, 0.15) is 59.2 Å². The van der Waals surface area contributed by atoms with Crippen LogP contribution in [0.25, 0.3) is 0 Å². The van der Waals surface area contributed by atoms with Crippen molar-refractivity contribution in [2.45, 2.75) is 50.6 Å². The predicted molar refractivity (Wildman–Crippen MR) is 233 cm³/mol. The Bertz CT molecular complexity index is 2380. The zero-order chi connectivity index (χ0) is 42.1. The van der Waals surface area contributed by atoms with E-state index in [2.05, 4.69) is 47.1 Å². The van der Waals surface area contributed by atoms with Gasteiger partial charge in [-0.3, -0.25) is 29.4 Å². The average molecular weight is 854 g/mol. The molecule has 0 spiro atoms. The number of aromatic nitrogens is 2. The van der Waals surface area contributed by atoms with Gasteiger partial charge >= 0.3 is 0 Å². The van der Waals surface area contributed by atoms with Crippen molar-refractivity contribution in [2.75, 3.05) is 74.0 Å². The Morgan fingerprint density at radius 2 is 1.68 bits per heavy atom. The van der Waals surface area contributed by atoms with Crippen LogP contribution in [0, 0.1) is 5.92 Å². The van der Waals surface area contributed by atoms with Crippen molar-refractivity contribution in [1.29, 1.82) is 0 Å². The Labute approximate surface area is 354 Å². The summed E-state index contributed by atoms with van der Waals surface area (Å²) in [7, 11) is -0.919. The number of ether oxygens (including phenoxy) is 1. The van der Waals surface area contributed by atoms with Crippen LogP contribution in [0.3, 0.4) is 0 Å². The first-order chi connectivity index (χ1) is 28.8. The summed E-state index contributed by atoms with van der Waals surface area (Å²) in [6, 6.07) is 17.9. The smallest absolute Gasteiger partial charge is 0.262 e. The summed E-state index contributed by atoms with van der Waals surface area (Å²) in [4.78, 5) is 65.5. The van der Waals surface area contributed by atoms with Gasteiger partial charge in [-0.1, -0.05) is 23.7 Å². The molecule has 3 saturated heterocycles. The molecule has 17 heteroatoms. The van der Waals surface area contributed by atoms with Crippen molar-refractivity contribution in [3.05, 3.63) is 83.0 Å². The number of anilines is 6. The highest BCUT2D eigenvalue weighted by molar-refractivity contribution is 7.70. The number of hydrogen-bond donors (Lipinski definition) is 4. The Kier molecular flexibility index (Phi) is 11.8. The number of rotatable bonds is 12. The number of amides is 4. The Morgan fingerprint density at radius 3 is 2.45 bits per heavy atom. The maximum Gasteiger partial charge on any atom is 0.262 e. The van der Waals surface area contributed by atoms with E-state index in [1.807, 2.05) is 42.5 Å². The molecule has 0 saturated carbocycles. The quantitative estimate of drug-likeness (QED) is 0.0955. The van der Waals surface area contributed by atoms with Gasteiger partial charge in [0.1, 0.15) is 24.0 Å².